The molecule has 2 unspecified atom stereocenters. The Morgan fingerprint density at radius 3 is 3.09 bits per heavy atom. The molecule has 3 heteroatoms. The van der Waals surface area contributed by atoms with Crippen LogP contribution in [0.4, 0.5) is 0 Å². The summed E-state index contributed by atoms with van der Waals surface area (Å²) in [6, 6.07) is 0. The van der Waals surface area contributed by atoms with Crippen molar-refractivity contribution in [3.05, 3.63) is 18.0 Å². The highest BCUT2D eigenvalue weighted by atomic mass is 16.5. The molecule has 0 spiro atoms. The predicted molar refractivity (Wildman–Crippen MR) is 37.9 cm³/mol. The molecule has 59 valence electrons. The molecule has 1 aliphatic carbocycles. The van der Waals surface area contributed by atoms with Gasteiger partial charge in [0, 0.05) is 11.5 Å². The summed E-state index contributed by atoms with van der Waals surface area (Å²) in [5.41, 5.74) is 0.912. The van der Waals surface area contributed by atoms with Gasteiger partial charge < -0.3 is 9.63 Å². The second-order valence-corrected chi connectivity index (χ2v) is 2.99. The Bertz CT molecular complexity index is 220. The molecule has 0 amide bonds. The predicted octanol–water partition coefficient (Wildman–Crippen LogP) is 1.10. The van der Waals surface area contributed by atoms with Crippen LogP contribution in [-0.2, 0) is 0 Å². The lowest BCUT2D eigenvalue weighted by Gasteiger charge is -2.09. The van der Waals surface area contributed by atoms with Crippen LogP contribution in [0, 0.1) is 6.20 Å². The van der Waals surface area contributed by atoms with E-state index in [-0.39, 0.29) is 12.0 Å². The van der Waals surface area contributed by atoms with Crippen molar-refractivity contribution in [2.75, 3.05) is 0 Å². The number of rotatable bonds is 1. The number of aliphatic hydroxyl groups is 1. The van der Waals surface area contributed by atoms with Crippen LogP contribution in [0.15, 0.2) is 10.8 Å². The van der Waals surface area contributed by atoms with Gasteiger partial charge in [-0.25, -0.2) is 0 Å². The maximum atomic E-state index is 9.47. The molecule has 2 atom stereocenters. The van der Waals surface area contributed by atoms with Gasteiger partial charge in [0.1, 0.15) is 12.5 Å². The van der Waals surface area contributed by atoms with E-state index in [0.717, 1.165) is 24.8 Å². The van der Waals surface area contributed by atoms with Gasteiger partial charge in [0.2, 0.25) is 0 Å². The minimum Gasteiger partial charge on any atom is -0.392 e. The van der Waals surface area contributed by atoms with Crippen LogP contribution in [0.25, 0.3) is 0 Å². The maximum Gasteiger partial charge on any atom is 0.139 e. The van der Waals surface area contributed by atoms with Crippen LogP contribution >= 0.6 is 0 Å². The van der Waals surface area contributed by atoms with E-state index in [1.54, 1.807) is 6.26 Å². The van der Waals surface area contributed by atoms with E-state index < -0.39 is 0 Å². The van der Waals surface area contributed by atoms with Crippen molar-refractivity contribution < 1.29 is 9.63 Å². The standard InChI is InChI=1S/C8H10NO2/c10-8-3-1-2-7(8)6-4-9-11-5-6/h5,7-8,10H,1-3H2. The first kappa shape index (κ1) is 6.85. The molecule has 1 fully saturated rings. The van der Waals surface area contributed by atoms with Crippen LogP contribution in [0.2, 0.25) is 0 Å². The Morgan fingerprint density at radius 2 is 2.55 bits per heavy atom. The molecular weight excluding hydrogens is 142 g/mol. The first-order chi connectivity index (χ1) is 5.38. The third-order valence-electron chi connectivity index (χ3n) is 2.29. The van der Waals surface area contributed by atoms with Gasteiger partial charge >= 0.3 is 0 Å². The number of hydrogen-bond donors (Lipinski definition) is 1. The van der Waals surface area contributed by atoms with Crippen molar-refractivity contribution in [2.45, 2.75) is 31.3 Å². The molecule has 1 aliphatic rings. The molecule has 11 heavy (non-hydrogen) atoms. The zero-order valence-electron chi connectivity index (χ0n) is 6.16. The fourth-order valence-corrected chi connectivity index (χ4v) is 1.66. The molecule has 0 saturated heterocycles. The Kier molecular flexibility index (Phi) is 1.66. The number of hydrogen-bond acceptors (Lipinski definition) is 3. The van der Waals surface area contributed by atoms with E-state index >= 15 is 0 Å². The Hall–Kier alpha value is -0.830. The fraction of sp³-hybridized carbons (Fsp3) is 0.625. The van der Waals surface area contributed by atoms with Gasteiger partial charge in [-0.1, -0.05) is 11.6 Å². The summed E-state index contributed by atoms with van der Waals surface area (Å²) in [5, 5.41) is 13.0. The van der Waals surface area contributed by atoms with Crippen molar-refractivity contribution in [1.29, 1.82) is 0 Å². The average molecular weight is 152 g/mol. The first-order valence-corrected chi connectivity index (χ1v) is 3.88. The maximum absolute atomic E-state index is 9.47. The quantitative estimate of drug-likeness (QED) is 0.655. The summed E-state index contributed by atoms with van der Waals surface area (Å²) in [6.07, 6.45) is 7.09. The smallest absolute Gasteiger partial charge is 0.139 e. The third kappa shape index (κ3) is 1.16. The molecule has 1 radical (unpaired) electrons. The number of aliphatic hydroxyl groups excluding tert-OH is 1. The van der Waals surface area contributed by atoms with Crippen molar-refractivity contribution in [2.24, 2.45) is 0 Å². The summed E-state index contributed by atoms with van der Waals surface area (Å²) in [5.74, 6) is 0.209. The summed E-state index contributed by atoms with van der Waals surface area (Å²) >= 11 is 0. The zero-order valence-corrected chi connectivity index (χ0v) is 6.16. The molecule has 2 rings (SSSR count). The molecule has 1 aromatic rings. The number of nitrogens with zero attached hydrogens (tertiary/aromatic N) is 1. The minimum absolute atomic E-state index is 0.209. The second kappa shape index (κ2) is 2.66. The third-order valence-corrected chi connectivity index (χ3v) is 2.29. The summed E-state index contributed by atoms with van der Waals surface area (Å²) in [4.78, 5) is 0. The van der Waals surface area contributed by atoms with Gasteiger partial charge in [0.25, 0.3) is 0 Å². The minimum atomic E-state index is -0.217. The summed E-state index contributed by atoms with van der Waals surface area (Å²) in [6.45, 7) is 0. The zero-order chi connectivity index (χ0) is 7.68. The number of aromatic nitrogens is 1. The van der Waals surface area contributed by atoms with E-state index in [1.165, 1.54) is 0 Å². The molecule has 1 aromatic heterocycles. The second-order valence-electron chi connectivity index (χ2n) is 2.99. The highest BCUT2D eigenvalue weighted by Gasteiger charge is 2.27. The molecule has 1 N–H and O–H groups in total. The highest BCUT2D eigenvalue weighted by Crippen LogP contribution is 2.33. The lowest BCUT2D eigenvalue weighted by molar-refractivity contribution is 0.163. The van der Waals surface area contributed by atoms with Crippen molar-refractivity contribution in [3.63, 3.8) is 0 Å². The monoisotopic (exact) mass is 152 g/mol. The largest absolute Gasteiger partial charge is 0.392 e. The van der Waals surface area contributed by atoms with Gasteiger partial charge in [-0.2, -0.15) is 0 Å². The van der Waals surface area contributed by atoms with E-state index in [9.17, 15) is 5.11 Å². The fourth-order valence-electron chi connectivity index (χ4n) is 1.66. The lowest BCUT2D eigenvalue weighted by Crippen LogP contribution is -2.09. The molecule has 1 heterocycles. The van der Waals surface area contributed by atoms with E-state index in [4.69, 9.17) is 0 Å². The van der Waals surface area contributed by atoms with Crippen molar-refractivity contribution >= 4 is 0 Å². The van der Waals surface area contributed by atoms with Crippen LogP contribution in [0.3, 0.4) is 0 Å². The summed E-state index contributed by atoms with van der Waals surface area (Å²) in [7, 11) is 0. The SMILES string of the molecule is OC1CCCC1c1[c]noc1. The van der Waals surface area contributed by atoms with Gasteiger partial charge in [0.05, 0.1) is 6.10 Å². The highest BCUT2D eigenvalue weighted by molar-refractivity contribution is 5.11. The lowest BCUT2D eigenvalue weighted by atomic mass is 10.00. The van der Waals surface area contributed by atoms with Gasteiger partial charge in [-0.05, 0) is 12.8 Å². The van der Waals surface area contributed by atoms with Gasteiger partial charge in [-0.15, -0.1) is 0 Å². The van der Waals surface area contributed by atoms with Gasteiger partial charge in [-0.3, -0.25) is 0 Å². The molecule has 3 nitrogen and oxygen atoms in total. The van der Waals surface area contributed by atoms with Crippen molar-refractivity contribution in [1.82, 2.24) is 5.16 Å². The molecular formula is C8H10NO2. The topological polar surface area (TPSA) is 46.3 Å². The Morgan fingerprint density at radius 1 is 1.64 bits per heavy atom. The van der Waals surface area contributed by atoms with Crippen LogP contribution in [-0.4, -0.2) is 16.4 Å². The van der Waals surface area contributed by atoms with Crippen LogP contribution in [0.1, 0.15) is 30.7 Å². The van der Waals surface area contributed by atoms with E-state index in [0.29, 0.717) is 0 Å². The Balaban J connectivity index is 2.16. The Labute approximate surface area is 65.0 Å². The molecule has 1 saturated carbocycles. The average Bonchev–Trinajstić information content (AvgIpc) is 2.55. The van der Waals surface area contributed by atoms with Crippen LogP contribution in [0.5, 0.6) is 0 Å². The first-order valence-electron chi connectivity index (χ1n) is 3.88. The molecule has 0 aliphatic heterocycles. The van der Waals surface area contributed by atoms with Gasteiger partial charge in [0.15, 0.2) is 0 Å². The molecule has 0 aromatic carbocycles. The van der Waals surface area contributed by atoms with E-state index in [2.05, 4.69) is 15.9 Å². The summed E-state index contributed by atoms with van der Waals surface area (Å²) < 4.78 is 4.66. The van der Waals surface area contributed by atoms with Crippen LogP contribution < -0.4 is 0 Å². The normalized spacial score (nSPS) is 31.0. The molecule has 0 bridgehead atoms. The van der Waals surface area contributed by atoms with E-state index in [1.807, 2.05) is 0 Å². The van der Waals surface area contributed by atoms with Crippen molar-refractivity contribution in [3.8, 4) is 0 Å².